The fourth-order valence-corrected chi connectivity index (χ4v) is 1.56. The first kappa shape index (κ1) is 12.2. The van der Waals surface area contributed by atoms with Crippen molar-refractivity contribution in [1.82, 2.24) is 20.0 Å². The second-order valence-electron chi connectivity index (χ2n) is 3.66. The molecule has 2 heterocycles. The van der Waals surface area contributed by atoms with Crippen LogP contribution in [0.5, 0.6) is 0 Å². The Kier molecular flexibility index (Phi) is 3.62. The van der Waals surface area contributed by atoms with E-state index in [-0.39, 0.29) is 18.8 Å². The Morgan fingerprint density at radius 1 is 1.50 bits per heavy atom. The molecule has 1 unspecified atom stereocenters. The van der Waals surface area contributed by atoms with E-state index in [1.165, 1.54) is 4.68 Å². The number of pyridine rings is 1. The van der Waals surface area contributed by atoms with Gasteiger partial charge < -0.3 is 10.2 Å². The summed E-state index contributed by atoms with van der Waals surface area (Å²) in [6.07, 6.45) is 2.25. The second kappa shape index (κ2) is 5.35. The van der Waals surface area contributed by atoms with Gasteiger partial charge in [-0.15, -0.1) is 5.10 Å². The van der Waals surface area contributed by atoms with Gasteiger partial charge in [0.15, 0.2) is 5.69 Å². The Bertz CT molecular complexity index is 561. The molecule has 0 aliphatic heterocycles. The average molecular weight is 245 g/mol. The zero-order valence-electron chi connectivity index (χ0n) is 9.43. The summed E-state index contributed by atoms with van der Waals surface area (Å²) in [7, 11) is 0. The van der Waals surface area contributed by atoms with E-state index >= 15 is 0 Å². The minimum atomic E-state index is -0.950. The van der Waals surface area contributed by atoms with Crippen LogP contribution >= 0.6 is 0 Å². The molecule has 0 radical (unpaired) electrons. The summed E-state index contributed by atoms with van der Waals surface area (Å²) >= 11 is 0. The van der Waals surface area contributed by atoms with Crippen molar-refractivity contribution in [2.24, 2.45) is 0 Å². The van der Waals surface area contributed by atoms with Crippen molar-refractivity contribution < 1.29 is 10.2 Å². The minimum Gasteiger partial charge on any atom is -0.394 e. The number of nitriles is 1. The molecule has 0 aliphatic rings. The molecule has 0 saturated heterocycles. The van der Waals surface area contributed by atoms with Crippen LogP contribution in [-0.4, -0.2) is 42.9 Å². The number of aromatic nitrogens is 4. The van der Waals surface area contributed by atoms with Crippen molar-refractivity contribution in [3.63, 3.8) is 0 Å². The van der Waals surface area contributed by atoms with Gasteiger partial charge in [-0.05, 0) is 12.1 Å². The molecule has 0 aliphatic carbocycles. The molecule has 0 amide bonds. The van der Waals surface area contributed by atoms with Gasteiger partial charge >= 0.3 is 0 Å². The molecule has 0 bridgehead atoms. The fraction of sp³-hybridized carbons (Fsp3) is 0.273. The molecule has 18 heavy (non-hydrogen) atoms. The van der Waals surface area contributed by atoms with Gasteiger partial charge in [-0.25, -0.2) is 4.68 Å². The highest BCUT2D eigenvalue weighted by Crippen LogP contribution is 2.20. The number of nitrogens with zero attached hydrogens (tertiary/aromatic N) is 5. The number of aliphatic hydroxyl groups is 2. The quantitative estimate of drug-likeness (QED) is 0.756. The van der Waals surface area contributed by atoms with Crippen LogP contribution < -0.4 is 0 Å². The van der Waals surface area contributed by atoms with Crippen LogP contribution in [0.2, 0.25) is 0 Å². The average Bonchev–Trinajstić information content (AvgIpc) is 2.82. The van der Waals surface area contributed by atoms with Gasteiger partial charge in [-0.1, -0.05) is 5.21 Å². The summed E-state index contributed by atoms with van der Waals surface area (Å²) in [4.78, 5) is 3.97. The molecule has 0 saturated carbocycles. The van der Waals surface area contributed by atoms with E-state index in [4.69, 9.17) is 10.4 Å². The van der Waals surface area contributed by atoms with Crippen LogP contribution in [0.25, 0.3) is 11.3 Å². The molecule has 2 rings (SSSR count). The third-order valence-corrected chi connectivity index (χ3v) is 2.37. The first-order valence-corrected chi connectivity index (χ1v) is 5.29. The highest BCUT2D eigenvalue weighted by molar-refractivity contribution is 5.63. The van der Waals surface area contributed by atoms with Gasteiger partial charge in [0.1, 0.15) is 11.8 Å². The fourth-order valence-electron chi connectivity index (χ4n) is 1.56. The Labute approximate surface area is 103 Å². The van der Waals surface area contributed by atoms with Crippen LogP contribution in [0.1, 0.15) is 5.69 Å². The number of hydrogen-bond acceptors (Lipinski definition) is 6. The van der Waals surface area contributed by atoms with E-state index in [0.29, 0.717) is 11.3 Å². The smallest absolute Gasteiger partial charge is 0.190 e. The number of hydrogen-bond donors (Lipinski definition) is 2. The largest absolute Gasteiger partial charge is 0.394 e. The standard InChI is InChI=1S/C11H11N5O2/c12-4-10-11(8-2-1-3-13-5-8)16(15-14-10)6-9(18)7-17/h1-3,5,9,17-18H,6-7H2. The van der Waals surface area contributed by atoms with Crippen molar-refractivity contribution >= 4 is 0 Å². The third-order valence-electron chi connectivity index (χ3n) is 2.37. The molecule has 2 aromatic heterocycles. The molecular weight excluding hydrogens is 234 g/mol. The maximum absolute atomic E-state index is 9.43. The molecule has 0 aromatic carbocycles. The molecule has 7 nitrogen and oxygen atoms in total. The lowest BCUT2D eigenvalue weighted by Gasteiger charge is -2.09. The summed E-state index contributed by atoms with van der Waals surface area (Å²) in [6.45, 7) is -0.316. The molecule has 0 fully saturated rings. The Balaban J connectivity index is 2.44. The molecule has 0 spiro atoms. The first-order valence-electron chi connectivity index (χ1n) is 5.29. The van der Waals surface area contributed by atoms with E-state index in [0.717, 1.165) is 0 Å². The normalized spacial score (nSPS) is 12.1. The minimum absolute atomic E-state index is 0.0649. The monoisotopic (exact) mass is 245 g/mol. The first-order chi connectivity index (χ1) is 8.76. The summed E-state index contributed by atoms with van der Waals surface area (Å²) in [5, 5.41) is 34.8. The summed E-state index contributed by atoms with van der Waals surface area (Å²) in [5.41, 5.74) is 1.33. The maximum atomic E-state index is 9.43. The van der Waals surface area contributed by atoms with Crippen molar-refractivity contribution in [3.8, 4) is 17.3 Å². The van der Waals surface area contributed by atoms with Gasteiger partial charge in [0.05, 0.1) is 19.3 Å². The molecule has 2 N–H and O–H groups in total. The van der Waals surface area contributed by atoms with Gasteiger partial charge in [0.25, 0.3) is 0 Å². The van der Waals surface area contributed by atoms with E-state index in [2.05, 4.69) is 15.3 Å². The summed E-state index contributed by atoms with van der Waals surface area (Å²) < 4.78 is 1.39. The van der Waals surface area contributed by atoms with Gasteiger partial charge in [0, 0.05) is 18.0 Å². The summed E-state index contributed by atoms with van der Waals surface area (Å²) in [6, 6.07) is 5.44. The number of rotatable bonds is 4. The second-order valence-corrected chi connectivity index (χ2v) is 3.66. The molecule has 2 aromatic rings. The molecule has 7 heteroatoms. The van der Waals surface area contributed by atoms with E-state index in [1.807, 2.05) is 6.07 Å². The van der Waals surface area contributed by atoms with Gasteiger partial charge in [-0.2, -0.15) is 5.26 Å². The lowest BCUT2D eigenvalue weighted by atomic mass is 10.1. The Morgan fingerprint density at radius 2 is 2.33 bits per heavy atom. The van der Waals surface area contributed by atoms with E-state index < -0.39 is 6.10 Å². The van der Waals surface area contributed by atoms with Crippen LogP contribution in [0.3, 0.4) is 0 Å². The SMILES string of the molecule is N#Cc1nnn(CC(O)CO)c1-c1cccnc1. The Morgan fingerprint density at radius 3 is 2.94 bits per heavy atom. The number of aliphatic hydroxyl groups excluding tert-OH is 2. The Hall–Kier alpha value is -2.30. The lowest BCUT2D eigenvalue weighted by molar-refractivity contribution is 0.0782. The molecular formula is C11H11N5O2. The maximum Gasteiger partial charge on any atom is 0.190 e. The molecule has 1 atom stereocenters. The van der Waals surface area contributed by atoms with Crippen LogP contribution in [0, 0.1) is 11.3 Å². The highest BCUT2D eigenvalue weighted by atomic mass is 16.3. The van der Waals surface area contributed by atoms with E-state index in [9.17, 15) is 5.11 Å². The zero-order valence-corrected chi connectivity index (χ0v) is 9.43. The summed E-state index contributed by atoms with van der Waals surface area (Å²) in [5.74, 6) is 0. The predicted molar refractivity (Wildman–Crippen MR) is 61.1 cm³/mol. The van der Waals surface area contributed by atoms with Gasteiger partial charge in [-0.3, -0.25) is 4.98 Å². The van der Waals surface area contributed by atoms with Crippen molar-refractivity contribution in [3.05, 3.63) is 30.2 Å². The zero-order chi connectivity index (χ0) is 13.0. The highest BCUT2D eigenvalue weighted by Gasteiger charge is 2.16. The van der Waals surface area contributed by atoms with Crippen LogP contribution in [0.4, 0.5) is 0 Å². The van der Waals surface area contributed by atoms with Crippen LogP contribution in [-0.2, 0) is 6.54 Å². The predicted octanol–water partition coefficient (Wildman–Crippen LogP) is -0.435. The van der Waals surface area contributed by atoms with E-state index in [1.54, 1.807) is 24.5 Å². The molecule has 92 valence electrons. The van der Waals surface area contributed by atoms with Crippen LogP contribution in [0.15, 0.2) is 24.5 Å². The topological polar surface area (TPSA) is 108 Å². The lowest BCUT2D eigenvalue weighted by Crippen LogP contribution is -2.21. The van der Waals surface area contributed by atoms with Crippen molar-refractivity contribution in [2.45, 2.75) is 12.6 Å². The van der Waals surface area contributed by atoms with Crippen molar-refractivity contribution in [1.29, 1.82) is 5.26 Å². The third kappa shape index (κ3) is 2.34. The van der Waals surface area contributed by atoms with Gasteiger partial charge in [0.2, 0.25) is 0 Å². The van der Waals surface area contributed by atoms with Crippen molar-refractivity contribution in [2.75, 3.05) is 6.61 Å².